The highest BCUT2D eigenvalue weighted by Crippen LogP contribution is 2.09. The molecule has 0 bridgehead atoms. The fourth-order valence-electron chi connectivity index (χ4n) is 1.66. The Morgan fingerprint density at radius 1 is 1.37 bits per heavy atom. The third kappa shape index (κ3) is 4.46. The van der Waals surface area contributed by atoms with Crippen LogP contribution in [0.2, 0.25) is 0 Å². The van der Waals surface area contributed by atoms with Gasteiger partial charge in [-0.3, -0.25) is 19.4 Å². The van der Waals surface area contributed by atoms with Crippen LogP contribution >= 0.6 is 0 Å². The zero-order valence-electron chi connectivity index (χ0n) is 10.7. The van der Waals surface area contributed by atoms with Crippen LogP contribution < -0.4 is 5.56 Å². The molecule has 1 heterocycles. The average molecular weight is 268 g/mol. The molecule has 7 nitrogen and oxygen atoms in total. The van der Waals surface area contributed by atoms with Crippen LogP contribution in [0.1, 0.15) is 24.2 Å². The summed E-state index contributed by atoms with van der Waals surface area (Å²) < 4.78 is 0. The number of amides is 1. The van der Waals surface area contributed by atoms with E-state index in [1.54, 1.807) is 0 Å². The Balaban J connectivity index is 3.03. The maximum Gasteiger partial charge on any atom is 0.323 e. The fraction of sp³-hybridized carbons (Fsp3) is 0.417. The van der Waals surface area contributed by atoms with E-state index in [1.807, 2.05) is 13.8 Å². The van der Waals surface area contributed by atoms with Crippen molar-refractivity contribution in [3.63, 3.8) is 0 Å². The Labute approximate surface area is 109 Å². The van der Waals surface area contributed by atoms with Gasteiger partial charge in [-0.15, -0.1) is 0 Å². The molecule has 1 rings (SSSR count). The number of rotatable bonds is 5. The summed E-state index contributed by atoms with van der Waals surface area (Å²) in [5.41, 5.74) is -0.661. The maximum absolute atomic E-state index is 12.1. The van der Waals surface area contributed by atoms with Crippen molar-refractivity contribution in [2.75, 3.05) is 13.1 Å². The second-order valence-corrected chi connectivity index (χ2v) is 4.59. The standard InChI is InChI=1S/C12H16N2O5/c1-7(2)5-14(6-11(17)18)12(19)8-3-9(15)13-10(16)4-8/h3-4,7H,5-6H2,1-2H3,(H,17,18)(H2,13,15,16). The van der Waals surface area contributed by atoms with E-state index in [-0.39, 0.29) is 18.0 Å². The summed E-state index contributed by atoms with van der Waals surface area (Å²) in [6.45, 7) is 3.48. The van der Waals surface area contributed by atoms with Crippen molar-refractivity contribution >= 4 is 11.9 Å². The number of carboxylic acids is 1. The number of nitrogens with one attached hydrogen (secondary N) is 1. The Hall–Kier alpha value is -2.31. The molecule has 0 aliphatic heterocycles. The molecule has 0 atom stereocenters. The number of carboxylic acid groups (broad SMARTS) is 1. The summed E-state index contributed by atoms with van der Waals surface area (Å²) in [5, 5.41) is 18.0. The first-order valence-electron chi connectivity index (χ1n) is 5.74. The lowest BCUT2D eigenvalue weighted by atomic mass is 10.1. The predicted molar refractivity (Wildman–Crippen MR) is 67.1 cm³/mol. The van der Waals surface area contributed by atoms with E-state index < -0.39 is 29.9 Å². The van der Waals surface area contributed by atoms with Crippen molar-refractivity contribution in [2.24, 2.45) is 5.92 Å². The van der Waals surface area contributed by atoms with Gasteiger partial charge in [0.1, 0.15) is 6.54 Å². The smallest absolute Gasteiger partial charge is 0.323 e. The maximum atomic E-state index is 12.1. The number of H-pyrrole nitrogens is 1. The Kier molecular flexibility index (Phi) is 4.68. The van der Waals surface area contributed by atoms with E-state index in [0.717, 1.165) is 17.0 Å². The number of aromatic nitrogens is 1. The Bertz CT molecular complexity index is 535. The van der Waals surface area contributed by atoms with Crippen LogP contribution in [0.5, 0.6) is 5.88 Å². The summed E-state index contributed by atoms with van der Waals surface area (Å²) in [7, 11) is 0. The molecule has 0 aliphatic carbocycles. The van der Waals surface area contributed by atoms with Crippen molar-refractivity contribution in [1.82, 2.24) is 9.88 Å². The molecule has 104 valence electrons. The van der Waals surface area contributed by atoms with Crippen molar-refractivity contribution in [3.8, 4) is 5.88 Å². The van der Waals surface area contributed by atoms with Gasteiger partial charge in [-0.2, -0.15) is 0 Å². The number of nitrogens with zero attached hydrogens (tertiary/aromatic N) is 1. The minimum atomic E-state index is -1.14. The van der Waals surface area contributed by atoms with Gasteiger partial charge >= 0.3 is 5.97 Å². The van der Waals surface area contributed by atoms with Gasteiger partial charge in [0.15, 0.2) is 5.88 Å². The number of carbonyl (C=O) groups excluding carboxylic acids is 1. The minimum Gasteiger partial charge on any atom is -0.494 e. The fourth-order valence-corrected chi connectivity index (χ4v) is 1.66. The molecular weight excluding hydrogens is 252 g/mol. The normalized spacial score (nSPS) is 10.5. The number of aromatic amines is 1. The zero-order chi connectivity index (χ0) is 14.6. The number of aliphatic carboxylic acids is 1. The molecule has 1 amide bonds. The van der Waals surface area contributed by atoms with E-state index in [2.05, 4.69) is 4.98 Å². The molecule has 0 saturated heterocycles. The number of pyridine rings is 1. The molecule has 0 aliphatic rings. The van der Waals surface area contributed by atoms with Crippen LogP contribution in [0.25, 0.3) is 0 Å². The number of hydrogen-bond donors (Lipinski definition) is 3. The van der Waals surface area contributed by atoms with Gasteiger partial charge in [-0.05, 0) is 5.92 Å². The van der Waals surface area contributed by atoms with E-state index in [0.29, 0.717) is 0 Å². The van der Waals surface area contributed by atoms with Crippen molar-refractivity contribution < 1.29 is 19.8 Å². The van der Waals surface area contributed by atoms with E-state index in [1.165, 1.54) is 0 Å². The molecule has 7 heteroatoms. The van der Waals surface area contributed by atoms with Crippen LogP contribution in [0, 0.1) is 5.92 Å². The molecule has 0 unspecified atom stereocenters. The van der Waals surface area contributed by atoms with Crippen LogP contribution in [0.3, 0.4) is 0 Å². The molecule has 1 aromatic rings. The average Bonchev–Trinajstić information content (AvgIpc) is 2.24. The summed E-state index contributed by atoms with van der Waals surface area (Å²) in [6, 6.07) is 2.12. The van der Waals surface area contributed by atoms with Gasteiger partial charge in [-0.1, -0.05) is 13.8 Å². The molecule has 0 radical (unpaired) electrons. The number of aromatic hydroxyl groups is 1. The van der Waals surface area contributed by atoms with Crippen LogP contribution in [-0.4, -0.2) is 45.1 Å². The lowest BCUT2D eigenvalue weighted by molar-refractivity contribution is -0.137. The summed E-state index contributed by atoms with van der Waals surface area (Å²) in [5.74, 6) is -2.09. The van der Waals surface area contributed by atoms with Crippen molar-refractivity contribution in [2.45, 2.75) is 13.8 Å². The molecule has 0 fully saturated rings. The monoisotopic (exact) mass is 268 g/mol. The molecule has 0 saturated carbocycles. The van der Waals surface area contributed by atoms with Crippen LogP contribution in [0.4, 0.5) is 0 Å². The number of hydrogen-bond acceptors (Lipinski definition) is 4. The highest BCUT2D eigenvalue weighted by Gasteiger charge is 2.20. The second-order valence-electron chi connectivity index (χ2n) is 4.59. The Morgan fingerprint density at radius 2 is 2.00 bits per heavy atom. The molecule has 0 aromatic carbocycles. The minimum absolute atomic E-state index is 0.0387. The van der Waals surface area contributed by atoms with Gasteiger partial charge in [0.25, 0.3) is 11.5 Å². The molecular formula is C12H16N2O5. The lowest BCUT2D eigenvalue weighted by Gasteiger charge is -2.22. The van der Waals surface area contributed by atoms with E-state index in [4.69, 9.17) is 5.11 Å². The second kappa shape index (κ2) is 6.03. The molecule has 3 N–H and O–H groups in total. The molecule has 19 heavy (non-hydrogen) atoms. The van der Waals surface area contributed by atoms with Crippen molar-refractivity contribution in [3.05, 3.63) is 28.0 Å². The third-order valence-corrected chi connectivity index (χ3v) is 2.28. The van der Waals surface area contributed by atoms with E-state index in [9.17, 15) is 19.5 Å². The van der Waals surface area contributed by atoms with Crippen LogP contribution in [0.15, 0.2) is 16.9 Å². The van der Waals surface area contributed by atoms with Gasteiger partial charge in [0, 0.05) is 18.7 Å². The number of carbonyl (C=O) groups is 2. The van der Waals surface area contributed by atoms with Gasteiger partial charge in [0.05, 0.1) is 5.56 Å². The highest BCUT2D eigenvalue weighted by atomic mass is 16.4. The zero-order valence-corrected chi connectivity index (χ0v) is 10.7. The summed E-state index contributed by atoms with van der Waals surface area (Å²) in [4.78, 5) is 37.3. The predicted octanol–water partition coefficient (Wildman–Crippen LogP) is 0.263. The SMILES string of the molecule is CC(C)CN(CC(=O)O)C(=O)c1cc(O)[nH]c(=O)c1. The first-order valence-corrected chi connectivity index (χ1v) is 5.74. The van der Waals surface area contributed by atoms with Gasteiger partial charge in [0.2, 0.25) is 0 Å². The first kappa shape index (κ1) is 14.7. The van der Waals surface area contributed by atoms with Gasteiger partial charge < -0.3 is 15.1 Å². The molecule has 1 aromatic heterocycles. The van der Waals surface area contributed by atoms with Crippen molar-refractivity contribution in [1.29, 1.82) is 0 Å². The quantitative estimate of drug-likeness (QED) is 0.709. The largest absolute Gasteiger partial charge is 0.494 e. The summed E-state index contributed by atoms with van der Waals surface area (Å²) >= 11 is 0. The van der Waals surface area contributed by atoms with Gasteiger partial charge in [-0.25, -0.2) is 0 Å². The van der Waals surface area contributed by atoms with Crippen LogP contribution in [-0.2, 0) is 4.79 Å². The summed E-state index contributed by atoms with van der Waals surface area (Å²) in [6.07, 6.45) is 0. The highest BCUT2D eigenvalue weighted by molar-refractivity contribution is 5.96. The molecule has 0 spiro atoms. The lowest BCUT2D eigenvalue weighted by Crippen LogP contribution is -2.38. The first-order chi connectivity index (χ1) is 8.79. The van der Waals surface area contributed by atoms with E-state index >= 15 is 0 Å². The topological polar surface area (TPSA) is 111 Å². The third-order valence-electron chi connectivity index (χ3n) is 2.28. The Morgan fingerprint density at radius 3 is 2.47 bits per heavy atom.